The van der Waals surface area contributed by atoms with E-state index in [9.17, 15) is 0 Å². The van der Waals surface area contributed by atoms with E-state index >= 15 is 0 Å². The predicted molar refractivity (Wildman–Crippen MR) is 65.3 cm³/mol. The van der Waals surface area contributed by atoms with Crippen LogP contribution in [0, 0.1) is 6.92 Å². The molecule has 90 valence electrons. The molecular formula is C13H22N2O. The van der Waals surface area contributed by atoms with Crippen LogP contribution in [0.1, 0.15) is 36.8 Å². The third-order valence-electron chi connectivity index (χ3n) is 3.20. The average Bonchev–Trinajstić information content (AvgIpc) is 3.01. The molecule has 0 spiro atoms. The zero-order valence-corrected chi connectivity index (χ0v) is 10.5. The fourth-order valence-electron chi connectivity index (χ4n) is 1.76. The standard InChI is InChI=1S/C13H22N2O/c1-4-15(3)9-13-7-11(10(2)16-13)8-14-12-5-6-12/h7,12,14H,4-6,8-9H2,1-3H3. The van der Waals surface area contributed by atoms with Crippen molar-refractivity contribution in [1.29, 1.82) is 0 Å². The van der Waals surface area contributed by atoms with Crippen molar-refractivity contribution in [3.8, 4) is 0 Å². The lowest BCUT2D eigenvalue weighted by molar-refractivity contribution is 0.306. The van der Waals surface area contributed by atoms with Crippen LogP contribution in [0.4, 0.5) is 0 Å². The lowest BCUT2D eigenvalue weighted by atomic mass is 10.2. The SMILES string of the molecule is CCN(C)Cc1cc(CNC2CC2)c(C)o1. The highest BCUT2D eigenvalue weighted by Gasteiger charge is 2.20. The van der Waals surface area contributed by atoms with Crippen LogP contribution in [0.25, 0.3) is 0 Å². The molecule has 0 atom stereocenters. The Morgan fingerprint density at radius 2 is 2.25 bits per heavy atom. The van der Waals surface area contributed by atoms with Gasteiger partial charge in [-0.15, -0.1) is 0 Å². The van der Waals surface area contributed by atoms with Crippen LogP contribution in [0.15, 0.2) is 10.5 Å². The molecule has 0 aromatic carbocycles. The van der Waals surface area contributed by atoms with E-state index < -0.39 is 0 Å². The second kappa shape index (κ2) is 5.02. The summed E-state index contributed by atoms with van der Waals surface area (Å²) in [6, 6.07) is 2.95. The predicted octanol–water partition coefficient (Wildman–Crippen LogP) is 2.29. The molecular weight excluding hydrogens is 200 g/mol. The maximum atomic E-state index is 5.76. The summed E-state index contributed by atoms with van der Waals surface area (Å²) in [5, 5.41) is 3.52. The van der Waals surface area contributed by atoms with E-state index in [0.717, 1.165) is 37.2 Å². The monoisotopic (exact) mass is 222 g/mol. The van der Waals surface area contributed by atoms with Crippen molar-refractivity contribution in [2.75, 3.05) is 13.6 Å². The van der Waals surface area contributed by atoms with Crippen molar-refractivity contribution in [3.05, 3.63) is 23.2 Å². The quantitative estimate of drug-likeness (QED) is 0.800. The van der Waals surface area contributed by atoms with Gasteiger partial charge in [0, 0.05) is 18.2 Å². The van der Waals surface area contributed by atoms with E-state index in [1.807, 2.05) is 0 Å². The molecule has 1 aliphatic rings. The summed E-state index contributed by atoms with van der Waals surface area (Å²) in [5.74, 6) is 2.14. The number of aryl methyl sites for hydroxylation is 1. The van der Waals surface area contributed by atoms with Crippen molar-refractivity contribution < 1.29 is 4.42 Å². The van der Waals surface area contributed by atoms with E-state index in [2.05, 4.69) is 37.2 Å². The van der Waals surface area contributed by atoms with E-state index in [0.29, 0.717) is 0 Å². The largest absolute Gasteiger partial charge is 0.465 e. The molecule has 0 radical (unpaired) electrons. The molecule has 1 N–H and O–H groups in total. The van der Waals surface area contributed by atoms with Gasteiger partial charge < -0.3 is 9.73 Å². The van der Waals surface area contributed by atoms with Crippen LogP contribution in [0.2, 0.25) is 0 Å². The zero-order chi connectivity index (χ0) is 11.5. The van der Waals surface area contributed by atoms with Crippen molar-refractivity contribution >= 4 is 0 Å². The van der Waals surface area contributed by atoms with Gasteiger partial charge in [0.2, 0.25) is 0 Å². The van der Waals surface area contributed by atoms with Crippen LogP contribution in [0.3, 0.4) is 0 Å². The summed E-state index contributed by atoms with van der Waals surface area (Å²) in [5.41, 5.74) is 1.31. The molecule has 16 heavy (non-hydrogen) atoms. The molecule has 2 rings (SSSR count). The lowest BCUT2D eigenvalue weighted by Gasteiger charge is -2.10. The number of rotatable bonds is 6. The Kier molecular flexibility index (Phi) is 3.66. The maximum absolute atomic E-state index is 5.76. The highest BCUT2D eigenvalue weighted by molar-refractivity contribution is 5.21. The van der Waals surface area contributed by atoms with Crippen molar-refractivity contribution in [1.82, 2.24) is 10.2 Å². The van der Waals surface area contributed by atoms with Crippen LogP contribution in [-0.4, -0.2) is 24.5 Å². The minimum absolute atomic E-state index is 0.760. The van der Waals surface area contributed by atoms with Crippen molar-refractivity contribution in [2.45, 2.75) is 45.8 Å². The van der Waals surface area contributed by atoms with Gasteiger partial charge in [0.15, 0.2) is 0 Å². The number of furan rings is 1. The van der Waals surface area contributed by atoms with Crippen LogP contribution in [-0.2, 0) is 13.1 Å². The average molecular weight is 222 g/mol. The Hall–Kier alpha value is -0.800. The van der Waals surface area contributed by atoms with E-state index in [1.165, 1.54) is 18.4 Å². The number of hydrogen-bond donors (Lipinski definition) is 1. The topological polar surface area (TPSA) is 28.4 Å². The summed E-state index contributed by atoms with van der Waals surface area (Å²) in [7, 11) is 2.11. The highest BCUT2D eigenvalue weighted by atomic mass is 16.3. The van der Waals surface area contributed by atoms with Crippen LogP contribution < -0.4 is 5.32 Å². The molecule has 1 fully saturated rings. The van der Waals surface area contributed by atoms with Crippen LogP contribution in [0.5, 0.6) is 0 Å². The maximum Gasteiger partial charge on any atom is 0.118 e. The second-order valence-electron chi connectivity index (χ2n) is 4.78. The molecule has 1 aromatic heterocycles. The first-order valence-electron chi connectivity index (χ1n) is 6.19. The molecule has 0 aliphatic heterocycles. The number of nitrogens with one attached hydrogen (secondary N) is 1. The first-order valence-corrected chi connectivity index (χ1v) is 6.19. The Morgan fingerprint density at radius 3 is 2.88 bits per heavy atom. The zero-order valence-electron chi connectivity index (χ0n) is 10.5. The van der Waals surface area contributed by atoms with E-state index in [1.54, 1.807) is 0 Å². The van der Waals surface area contributed by atoms with Gasteiger partial charge in [-0.3, -0.25) is 4.90 Å². The Bertz CT molecular complexity index is 342. The molecule has 3 heteroatoms. The summed E-state index contributed by atoms with van der Waals surface area (Å²) in [6.07, 6.45) is 2.67. The summed E-state index contributed by atoms with van der Waals surface area (Å²) in [4.78, 5) is 2.25. The number of hydrogen-bond acceptors (Lipinski definition) is 3. The van der Waals surface area contributed by atoms with Crippen LogP contribution >= 0.6 is 0 Å². The highest BCUT2D eigenvalue weighted by Crippen LogP contribution is 2.21. The fourth-order valence-corrected chi connectivity index (χ4v) is 1.76. The van der Waals surface area contributed by atoms with E-state index in [-0.39, 0.29) is 0 Å². The molecule has 3 nitrogen and oxygen atoms in total. The number of nitrogens with zero attached hydrogens (tertiary/aromatic N) is 1. The summed E-state index contributed by atoms with van der Waals surface area (Å²) < 4.78 is 5.76. The summed E-state index contributed by atoms with van der Waals surface area (Å²) in [6.45, 7) is 7.12. The molecule has 0 unspecified atom stereocenters. The van der Waals surface area contributed by atoms with Crippen molar-refractivity contribution in [2.24, 2.45) is 0 Å². The molecule has 1 aromatic rings. The Morgan fingerprint density at radius 1 is 1.50 bits per heavy atom. The van der Waals surface area contributed by atoms with Gasteiger partial charge in [0.05, 0.1) is 6.54 Å². The van der Waals surface area contributed by atoms with Gasteiger partial charge in [-0.05, 0) is 39.4 Å². The summed E-state index contributed by atoms with van der Waals surface area (Å²) >= 11 is 0. The smallest absolute Gasteiger partial charge is 0.118 e. The molecule has 0 bridgehead atoms. The third-order valence-corrected chi connectivity index (χ3v) is 3.20. The minimum atomic E-state index is 0.760. The first kappa shape index (κ1) is 11.7. The van der Waals surface area contributed by atoms with Gasteiger partial charge in [-0.2, -0.15) is 0 Å². The molecule has 1 aliphatic carbocycles. The van der Waals surface area contributed by atoms with E-state index in [4.69, 9.17) is 4.42 Å². The van der Waals surface area contributed by atoms with Gasteiger partial charge in [-0.25, -0.2) is 0 Å². The van der Waals surface area contributed by atoms with Crippen molar-refractivity contribution in [3.63, 3.8) is 0 Å². The second-order valence-corrected chi connectivity index (χ2v) is 4.78. The molecule has 0 amide bonds. The minimum Gasteiger partial charge on any atom is -0.465 e. The normalized spacial score (nSPS) is 16.0. The van der Waals surface area contributed by atoms with Gasteiger partial charge >= 0.3 is 0 Å². The molecule has 1 heterocycles. The lowest BCUT2D eigenvalue weighted by Crippen LogP contribution is -2.16. The Labute approximate surface area is 97.8 Å². The van der Waals surface area contributed by atoms with Gasteiger partial charge in [-0.1, -0.05) is 6.92 Å². The third kappa shape index (κ3) is 3.09. The van der Waals surface area contributed by atoms with Gasteiger partial charge in [0.1, 0.15) is 11.5 Å². The molecule has 0 saturated heterocycles. The molecule has 1 saturated carbocycles. The fraction of sp³-hybridized carbons (Fsp3) is 0.692. The van der Waals surface area contributed by atoms with Gasteiger partial charge in [0.25, 0.3) is 0 Å². The Balaban J connectivity index is 1.91. The first-order chi connectivity index (χ1) is 7.69.